The Morgan fingerprint density at radius 2 is 2.04 bits per heavy atom. The predicted molar refractivity (Wildman–Crippen MR) is 99.6 cm³/mol. The minimum Gasteiger partial charge on any atom is -0.355 e. The molecule has 0 aliphatic rings. The average Bonchev–Trinajstić information content (AvgIpc) is 2.95. The minimum absolute atomic E-state index is 0.129. The van der Waals surface area contributed by atoms with E-state index in [1.807, 2.05) is 24.3 Å². The van der Waals surface area contributed by atoms with Crippen LogP contribution in [-0.4, -0.2) is 31.7 Å². The number of nitrogens with one attached hydrogen (secondary N) is 3. The molecule has 3 aromatic rings. The molecule has 3 rings (SSSR count). The van der Waals surface area contributed by atoms with Crippen molar-refractivity contribution in [3.63, 3.8) is 0 Å². The van der Waals surface area contributed by atoms with Crippen molar-refractivity contribution in [1.82, 2.24) is 19.9 Å². The van der Waals surface area contributed by atoms with Crippen molar-refractivity contribution in [2.45, 2.75) is 31.3 Å². The molecule has 0 saturated heterocycles. The van der Waals surface area contributed by atoms with Gasteiger partial charge in [0.15, 0.2) is 0 Å². The second-order valence-electron chi connectivity index (χ2n) is 5.82. The van der Waals surface area contributed by atoms with Crippen LogP contribution in [0.25, 0.3) is 11.0 Å². The van der Waals surface area contributed by atoms with Crippen LogP contribution in [0, 0.1) is 0 Å². The molecule has 0 amide bonds. The molecule has 2 heterocycles. The van der Waals surface area contributed by atoms with E-state index >= 15 is 0 Å². The average molecular weight is 343 g/mol. The molecular weight excluding hydrogens is 322 g/mol. The van der Waals surface area contributed by atoms with Crippen LogP contribution in [0.5, 0.6) is 0 Å². The van der Waals surface area contributed by atoms with Crippen LogP contribution >= 0.6 is 11.8 Å². The molecular formula is C17H21N5OS. The van der Waals surface area contributed by atoms with E-state index in [0.29, 0.717) is 17.7 Å². The summed E-state index contributed by atoms with van der Waals surface area (Å²) in [4.78, 5) is 26.8. The van der Waals surface area contributed by atoms with Gasteiger partial charge in [0.2, 0.25) is 5.95 Å². The van der Waals surface area contributed by atoms with Crippen molar-refractivity contribution >= 4 is 28.7 Å². The van der Waals surface area contributed by atoms with Crippen LogP contribution in [0.4, 0.5) is 5.95 Å². The number of para-hydroxylation sites is 2. The van der Waals surface area contributed by atoms with Crippen molar-refractivity contribution in [2.75, 3.05) is 11.9 Å². The Balaban J connectivity index is 1.60. The van der Waals surface area contributed by atoms with E-state index in [9.17, 15) is 4.79 Å². The number of thioether (sulfide) groups is 1. The predicted octanol–water partition coefficient (Wildman–Crippen LogP) is 2.94. The zero-order valence-corrected chi connectivity index (χ0v) is 14.6. The molecule has 1 aromatic carbocycles. The Hall–Kier alpha value is -2.28. The van der Waals surface area contributed by atoms with Gasteiger partial charge in [0.25, 0.3) is 5.56 Å². The number of aromatic amines is 2. The van der Waals surface area contributed by atoms with Gasteiger partial charge in [0, 0.05) is 24.8 Å². The van der Waals surface area contributed by atoms with Crippen molar-refractivity contribution < 1.29 is 0 Å². The minimum atomic E-state index is -0.129. The van der Waals surface area contributed by atoms with Gasteiger partial charge in [-0.2, -0.15) is 11.8 Å². The van der Waals surface area contributed by atoms with Crippen LogP contribution in [0.1, 0.15) is 25.4 Å². The van der Waals surface area contributed by atoms with E-state index < -0.39 is 0 Å². The normalized spacial score (nSPS) is 11.3. The zero-order valence-electron chi connectivity index (χ0n) is 13.8. The van der Waals surface area contributed by atoms with Crippen LogP contribution in [0.2, 0.25) is 0 Å². The maximum absolute atomic E-state index is 11.7. The van der Waals surface area contributed by atoms with E-state index in [1.54, 1.807) is 17.8 Å². The number of aromatic nitrogens is 4. The molecule has 7 heteroatoms. The smallest absolute Gasteiger partial charge is 0.252 e. The van der Waals surface area contributed by atoms with Crippen molar-refractivity contribution in [3.8, 4) is 0 Å². The highest BCUT2D eigenvalue weighted by atomic mass is 32.2. The van der Waals surface area contributed by atoms with E-state index in [1.165, 1.54) is 0 Å². The van der Waals surface area contributed by atoms with Gasteiger partial charge in [0.1, 0.15) is 5.82 Å². The summed E-state index contributed by atoms with van der Waals surface area (Å²) < 4.78 is 0. The molecule has 3 N–H and O–H groups in total. The number of fused-ring (bicyclic) bond motifs is 1. The molecule has 0 atom stereocenters. The Morgan fingerprint density at radius 3 is 2.83 bits per heavy atom. The zero-order chi connectivity index (χ0) is 16.9. The molecule has 126 valence electrons. The van der Waals surface area contributed by atoms with Crippen molar-refractivity contribution in [1.29, 1.82) is 0 Å². The third-order valence-electron chi connectivity index (χ3n) is 3.45. The largest absolute Gasteiger partial charge is 0.355 e. The lowest BCUT2D eigenvalue weighted by molar-refractivity contribution is 0.910. The second-order valence-corrected chi connectivity index (χ2v) is 7.39. The number of hydrogen-bond acceptors (Lipinski definition) is 5. The fourth-order valence-corrected chi connectivity index (χ4v) is 2.99. The lowest BCUT2D eigenvalue weighted by Gasteiger charge is -2.07. The lowest BCUT2D eigenvalue weighted by atomic mass is 10.3. The first-order valence-electron chi connectivity index (χ1n) is 7.99. The first-order chi connectivity index (χ1) is 11.6. The van der Waals surface area contributed by atoms with Crippen molar-refractivity contribution in [2.24, 2.45) is 0 Å². The molecule has 0 spiro atoms. The van der Waals surface area contributed by atoms with Gasteiger partial charge < -0.3 is 10.3 Å². The Kier molecular flexibility index (Phi) is 5.20. The summed E-state index contributed by atoms with van der Waals surface area (Å²) in [5, 5.41) is 3.68. The molecule has 0 fully saturated rings. The Labute approximate surface area is 144 Å². The number of rotatable bonds is 7. The van der Waals surface area contributed by atoms with Gasteiger partial charge in [-0.15, -0.1) is 0 Å². The van der Waals surface area contributed by atoms with Crippen LogP contribution in [-0.2, 0) is 12.2 Å². The van der Waals surface area contributed by atoms with Crippen molar-refractivity contribution in [3.05, 3.63) is 52.2 Å². The van der Waals surface area contributed by atoms with Gasteiger partial charge in [-0.25, -0.2) is 9.97 Å². The van der Waals surface area contributed by atoms with Gasteiger partial charge in [-0.1, -0.05) is 26.0 Å². The van der Waals surface area contributed by atoms with Gasteiger partial charge >= 0.3 is 0 Å². The van der Waals surface area contributed by atoms with Gasteiger partial charge in [-0.05, 0) is 17.4 Å². The van der Waals surface area contributed by atoms with Gasteiger partial charge in [-0.3, -0.25) is 9.78 Å². The number of imidazole rings is 1. The molecule has 0 unspecified atom stereocenters. The molecule has 0 radical (unpaired) electrons. The summed E-state index contributed by atoms with van der Waals surface area (Å²) in [5.41, 5.74) is 2.66. The van der Waals surface area contributed by atoms with Crippen LogP contribution in [0.3, 0.4) is 0 Å². The standard InChI is InChI=1S/C17H21N5OS/c1-11(2)24-10-12-9-16(23)22-17(19-12)18-8-7-15-20-13-5-3-4-6-14(13)21-15/h3-6,9,11H,7-8,10H2,1-2H3,(H,20,21)(H2,18,19,22,23). The topological polar surface area (TPSA) is 86.5 Å². The first-order valence-corrected chi connectivity index (χ1v) is 9.04. The van der Waals surface area contributed by atoms with E-state index in [-0.39, 0.29) is 5.56 Å². The summed E-state index contributed by atoms with van der Waals surface area (Å²) in [7, 11) is 0. The highest BCUT2D eigenvalue weighted by molar-refractivity contribution is 7.99. The molecule has 0 aliphatic carbocycles. The highest BCUT2D eigenvalue weighted by Crippen LogP contribution is 2.15. The third kappa shape index (κ3) is 4.38. The van der Waals surface area contributed by atoms with E-state index in [0.717, 1.165) is 34.7 Å². The molecule has 2 aromatic heterocycles. The Morgan fingerprint density at radius 1 is 1.21 bits per heavy atom. The summed E-state index contributed by atoms with van der Waals surface area (Å²) in [6.45, 7) is 4.90. The summed E-state index contributed by atoms with van der Waals surface area (Å²) >= 11 is 1.77. The third-order valence-corrected chi connectivity index (χ3v) is 4.58. The number of H-pyrrole nitrogens is 2. The Bertz CT molecular complexity index is 838. The molecule has 0 saturated carbocycles. The molecule has 24 heavy (non-hydrogen) atoms. The van der Waals surface area contributed by atoms with E-state index in [2.05, 4.69) is 39.1 Å². The highest BCUT2D eigenvalue weighted by Gasteiger charge is 2.05. The summed E-state index contributed by atoms with van der Waals surface area (Å²) in [6.07, 6.45) is 0.726. The quantitative estimate of drug-likeness (QED) is 0.614. The second kappa shape index (κ2) is 7.53. The molecule has 0 bridgehead atoms. The number of anilines is 1. The summed E-state index contributed by atoms with van der Waals surface area (Å²) in [6, 6.07) is 9.50. The number of hydrogen-bond donors (Lipinski definition) is 3. The monoisotopic (exact) mass is 343 g/mol. The SMILES string of the molecule is CC(C)SCc1cc(=O)[nH]c(NCCc2nc3ccccc3[nH]2)n1. The first kappa shape index (κ1) is 16.6. The van der Waals surface area contributed by atoms with Gasteiger partial charge in [0.05, 0.1) is 16.7 Å². The maximum atomic E-state index is 11.7. The van der Waals surface area contributed by atoms with E-state index in [4.69, 9.17) is 0 Å². The number of nitrogens with zero attached hydrogens (tertiary/aromatic N) is 2. The summed E-state index contributed by atoms with van der Waals surface area (Å²) in [5.74, 6) is 2.16. The fourth-order valence-electron chi connectivity index (χ4n) is 2.34. The van der Waals surface area contributed by atoms with Crippen LogP contribution < -0.4 is 10.9 Å². The fraction of sp³-hybridized carbons (Fsp3) is 0.353. The molecule has 0 aliphatic heterocycles. The maximum Gasteiger partial charge on any atom is 0.252 e. The molecule has 6 nitrogen and oxygen atoms in total. The lowest BCUT2D eigenvalue weighted by Crippen LogP contribution is -2.15. The number of benzene rings is 1. The van der Waals surface area contributed by atoms with Crippen LogP contribution in [0.15, 0.2) is 35.1 Å².